The zero-order valence-corrected chi connectivity index (χ0v) is 22.0. The molecule has 0 saturated heterocycles. The second-order valence-electron chi connectivity index (χ2n) is 7.92. The molecule has 1 aliphatic rings. The number of rotatable bonds is 9. The van der Waals surface area contributed by atoms with Crippen molar-refractivity contribution < 1.29 is 34.0 Å². The van der Waals surface area contributed by atoms with Crippen molar-refractivity contribution in [1.29, 1.82) is 0 Å². The quantitative estimate of drug-likeness (QED) is 0.108. The third kappa shape index (κ3) is 5.15. The molecule has 0 spiro atoms. The van der Waals surface area contributed by atoms with Crippen molar-refractivity contribution >= 4 is 51.3 Å². The van der Waals surface area contributed by atoms with E-state index in [9.17, 15) is 30.1 Å². The van der Waals surface area contributed by atoms with Crippen LogP contribution in [0, 0.1) is 23.8 Å². The Morgan fingerprint density at radius 2 is 1.87 bits per heavy atom. The molecular weight excluding hydrogens is 615 g/mol. The van der Waals surface area contributed by atoms with Crippen molar-refractivity contribution in [2.75, 3.05) is 19.6 Å². The average molecular weight is 634 g/mol. The zero-order valence-electron chi connectivity index (χ0n) is 19.8. The molecule has 0 fully saturated rings. The fraction of sp³-hybridized carbons (Fsp3) is 0.167. The smallest absolute Gasteiger partial charge is 0.343 e. The first-order chi connectivity index (χ1) is 18.1. The van der Waals surface area contributed by atoms with Crippen molar-refractivity contribution in [3.63, 3.8) is 0 Å². The Morgan fingerprint density at radius 3 is 2.50 bits per heavy atom. The van der Waals surface area contributed by atoms with Gasteiger partial charge in [-0.15, -0.1) is 0 Å². The molecule has 0 aromatic heterocycles. The first-order valence-corrected chi connectivity index (χ1v) is 11.9. The van der Waals surface area contributed by atoms with E-state index in [2.05, 4.69) is 10.5 Å². The molecule has 0 bridgehead atoms. The third-order valence-corrected chi connectivity index (χ3v) is 6.60. The van der Waals surface area contributed by atoms with E-state index in [0.29, 0.717) is 26.2 Å². The Bertz CT molecular complexity index is 1490. The summed E-state index contributed by atoms with van der Waals surface area (Å²) in [5.41, 5.74) is 3.17. The maximum absolute atomic E-state index is 12.7. The fourth-order valence-corrected chi connectivity index (χ4v) is 4.44. The number of hydrogen-bond donors (Lipinski definition) is 2. The number of non-ortho nitro benzene ring substituents is 1. The van der Waals surface area contributed by atoms with Gasteiger partial charge in [0.25, 0.3) is 5.69 Å². The van der Waals surface area contributed by atoms with E-state index in [4.69, 9.17) is 14.2 Å². The SMILES string of the molecule is COc1ccc2c(c1OC)C(=O)OC2CC(=NNc1ccc([N+](=O)[O-])cc1[N+](=O)[O-])c1ccc(O)c(I)c1. The highest BCUT2D eigenvalue weighted by Gasteiger charge is 2.36. The van der Waals surface area contributed by atoms with Gasteiger partial charge >= 0.3 is 11.7 Å². The van der Waals surface area contributed by atoms with Gasteiger partial charge in [0.15, 0.2) is 11.5 Å². The monoisotopic (exact) mass is 634 g/mol. The number of aromatic hydroxyl groups is 1. The minimum atomic E-state index is -0.781. The van der Waals surface area contributed by atoms with Crippen molar-refractivity contribution in [3.8, 4) is 17.2 Å². The van der Waals surface area contributed by atoms with Crippen LogP contribution in [-0.2, 0) is 4.74 Å². The van der Waals surface area contributed by atoms with Gasteiger partial charge in [-0.1, -0.05) is 6.07 Å². The second kappa shape index (κ2) is 10.9. The molecule has 3 aromatic carbocycles. The average Bonchev–Trinajstić information content (AvgIpc) is 3.22. The van der Waals surface area contributed by atoms with Crippen molar-refractivity contribution in [1.82, 2.24) is 0 Å². The predicted molar refractivity (Wildman–Crippen MR) is 143 cm³/mol. The molecule has 14 heteroatoms. The Hall–Kier alpha value is -4.47. The standard InChI is InChI=1S/C24H19IN4O9/c1-36-20-8-5-14-21(38-24(31)22(14)23(20)37-2)11-17(12-3-7-19(30)15(25)9-12)27-26-16-6-4-13(28(32)33)10-18(16)29(34)35/h3-10,21,26,30H,11H2,1-2H3. The number of benzene rings is 3. The molecule has 13 nitrogen and oxygen atoms in total. The van der Waals surface area contributed by atoms with E-state index in [1.54, 1.807) is 24.3 Å². The topological polar surface area (TPSA) is 176 Å². The molecule has 0 radical (unpaired) electrons. The number of nitrogens with zero attached hydrogens (tertiary/aromatic N) is 3. The third-order valence-electron chi connectivity index (χ3n) is 5.74. The maximum atomic E-state index is 12.7. The number of carbonyl (C=O) groups excluding carboxylic acids is 1. The number of phenolic OH excluding ortho intramolecular Hbond substituents is 1. The first-order valence-electron chi connectivity index (χ1n) is 10.8. The zero-order chi connectivity index (χ0) is 27.6. The molecule has 1 atom stereocenters. The molecule has 0 amide bonds. The molecule has 0 saturated carbocycles. The highest BCUT2D eigenvalue weighted by atomic mass is 127. The van der Waals surface area contributed by atoms with Gasteiger partial charge in [-0.25, -0.2) is 4.79 Å². The number of nitrogens with one attached hydrogen (secondary N) is 1. The van der Waals surface area contributed by atoms with Gasteiger partial charge in [-0.05, 0) is 58.5 Å². The molecule has 3 aromatic rings. The van der Waals surface area contributed by atoms with Crippen LogP contribution >= 0.6 is 22.6 Å². The number of methoxy groups -OCH3 is 2. The summed E-state index contributed by atoms with van der Waals surface area (Å²) in [4.78, 5) is 33.9. The van der Waals surface area contributed by atoms with Crippen LogP contribution in [0.4, 0.5) is 17.1 Å². The lowest BCUT2D eigenvalue weighted by atomic mass is 9.97. The largest absolute Gasteiger partial charge is 0.507 e. The van der Waals surface area contributed by atoms with E-state index in [-0.39, 0.29) is 29.2 Å². The fourth-order valence-electron chi connectivity index (χ4n) is 3.92. The van der Waals surface area contributed by atoms with Crippen LogP contribution in [0.1, 0.15) is 34.0 Å². The number of esters is 1. The Labute approximate surface area is 228 Å². The van der Waals surface area contributed by atoms with Crippen LogP contribution in [0.3, 0.4) is 0 Å². The van der Waals surface area contributed by atoms with Gasteiger partial charge < -0.3 is 19.3 Å². The van der Waals surface area contributed by atoms with Crippen LogP contribution in [0.2, 0.25) is 0 Å². The van der Waals surface area contributed by atoms with Crippen molar-refractivity contribution in [2.24, 2.45) is 5.10 Å². The summed E-state index contributed by atoms with van der Waals surface area (Å²) < 4.78 is 16.8. The number of cyclic esters (lactones) is 1. The normalized spacial score (nSPS) is 14.4. The van der Waals surface area contributed by atoms with Crippen LogP contribution < -0.4 is 14.9 Å². The maximum Gasteiger partial charge on any atom is 0.343 e. The van der Waals surface area contributed by atoms with Crippen molar-refractivity contribution in [3.05, 3.63) is 89.0 Å². The lowest BCUT2D eigenvalue weighted by Gasteiger charge is -2.15. The van der Waals surface area contributed by atoms with Crippen LogP contribution in [0.15, 0.2) is 53.6 Å². The van der Waals surface area contributed by atoms with Crippen molar-refractivity contribution in [2.45, 2.75) is 12.5 Å². The Balaban J connectivity index is 1.75. The molecule has 196 valence electrons. The summed E-state index contributed by atoms with van der Waals surface area (Å²) in [5, 5.41) is 36.9. The van der Waals surface area contributed by atoms with Gasteiger partial charge in [0.1, 0.15) is 23.1 Å². The summed E-state index contributed by atoms with van der Waals surface area (Å²) in [5.74, 6) is 0.0225. The van der Waals surface area contributed by atoms with E-state index >= 15 is 0 Å². The number of nitro groups is 2. The molecule has 2 N–H and O–H groups in total. The first kappa shape index (κ1) is 26.6. The van der Waals surface area contributed by atoms with E-state index < -0.39 is 33.3 Å². The minimum absolute atomic E-state index is 0.0436. The number of anilines is 1. The van der Waals surface area contributed by atoms with E-state index in [0.717, 1.165) is 12.1 Å². The molecular formula is C24H19IN4O9. The summed E-state index contributed by atoms with van der Waals surface area (Å²) in [6, 6.07) is 11.1. The molecule has 1 heterocycles. The number of fused-ring (bicyclic) bond motifs is 1. The Kier molecular flexibility index (Phi) is 7.61. The number of carbonyl (C=O) groups is 1. The number of ether oxygens (including phenoxy) is 3. The number of nitro benzene ring substituents is 2. The van der Waals surface area contributed by atoms with E-state index in [1.165, 1.54) is 26.4 Å². The van der Waals surface area contributed by atoms with Gasteiger partial charge in [-0.3, -0.25) is 25.7 Å². The van der Waals surface area contributed by atoms with Gasteiger partial charge in [0, 0.05) is 18.1 Å². The summed E-state index contributed by atoms with van der Waals surface area (Å²) in [6.07, 6.45) is -0.737. The lowest BCUT2D eigenvalue weighted by Crippen LogP contribution is -2.12. The molecule has 1 unspecified atom stereocenters. The minimum Gasteiger partial charge on any atom is -0.507 e. The predicted octanol–water partition coefficient (Wildman–Crippen LogP) is 4.95. The number of halogens is 1. The molecule has 1 aliphatic heterocycles. The van der Waals surface area contributed by atoms with Gasteiger partial charge in [0.2, 0.25) is 0 Å². The van der Waals surface area contributed by atoms with Crippen LogP contribution in [0.25, 0.3) is 0 Å². The summed E-state index contributed by atoms with van der Waals surface area (Å²) >= 11 is 1.94. The summed E-state index contributed by atoms with van der Waals surface area (Å²) in [7, 11) is 2.85. The van der Waals surface area contributed by atoms with Gasteiger partial charge in [-0.2, -0.15) is 5.10 Å². The number of hydrogen-bond acceptors (Lipinski definition) is 11. The van der Waals surface area contributed by atoms with Gasteiger partial charge in [0.05, 0.1) is 39.4 Å². The molecule has 38 heavy (non-hydrogen) atoms. The van der Waals surface area contributed by atoms with E-state index in [1.807, 2.05) is 22.6 Å². The van der Waals surface area contributed by atoms with Crippen LogP contribution in [-0.4, -0.2) is 40.9 Å². The highest BCUT2D eigenvalue weighted by Crippen LogP contribution is 2.43. The number of hydrazone groups is 1. The van der Waals surface area contributed by atoms with Crippen LogP contribution in [0.5, 0.6) is 17.2 Å². The highest BCUT2D eigenvalue weighted by molar-refractivity contribution is 14.1. The Morgan fingerprint density at radius 1 is 1.11 bits per heavy atom. The molecule has 4 rings (SSSR count). The second-order valence-corrected chi connectivity index (χ2v) is 9.08. The lowest BCUT2D eigenvalue weighted by molar-refractivity contribution is -0.393. The summed E-state index contributed by atoms with van der Waals surface area (Å²) in [6.45, 7) is 0. The molecule has 0 aliphatic carbocycles. The number of phenols is 1.